The molecule has 0 aromatic rings. The number of aliphatic hydroxyl groups is 4. The maximum Gasteiger partial charge on any atom is 0.109 e. The lowest BCUT2D eigenvalue weighted by Crippen LogP contribution is -2.63. The van der Waals surface area contributed by atoms with E-state index < -0.39 is 24.4 Å². The third kappa shape index (κ3) is 3.42. The van der Waals surface area contributed by atoms with Crippen molar-refractivity contribution in [2.75, 3.05) is 19.7 Å². The molecule has 0 aromatic heterocycles. The number of nitrogens with zero attached hydrogens (tertiary/aromatic N) is 1. The van der Waals surface area contributed by atoms with E-state index >= 15 is 0 Å². The Hall–Kier alpha value is -0.200. The van der Waals surface area contributed by atoms with Crippen LogP contribution >= 0.6 is 0 Å². The van der Waals surface area contributed by atoms with Crippen molar-refractivity contribution in [1.82, 2.24) is 4.90 Å². The first-order valence-electron chi connectivity index (χ1n) is 8.49. The van der Waals surface area contributed by atoms with Crippen molar-refractivity contribution in [3.05, 3.63) is 0 Å². The lowest BCUT2D eigenvalue weighted by Gasteiger charge is -2.45. The minimum absolute atomic E-state index is 0.178. The molecule has 0 bridgehead atoms. The first-order chi connectivity index (χ1) is 10.1. The highest BCUT2D eigenvalue weighted by Gasteiger charge is 2.42. The second-order valence-corrected chi connectivity index (χ2v) is 7.37. The average Bonchev–Trinajstić information content (AvgIpc) is 3.31. The molecule has 5 nitrogen and oxygen atoms in total. The maximum absolute atomic E-state index is 10.0. The Labute approximate surface area is 126 Å². The Kier molecular flexibility index (Phi) is 4.86. The van der Waals surface area contributed by atoms with Gasteiger partial charge in [-0.25, -0.2) is 0 Å². The Bertz CT molecular complexity index is 341. The van der Waals surface area contributed by atoms with Crippen LogP contribution in [0.5, 0.6) is 0 Å². The summed E-state index contributed by atoms with van der Waals surface area (Å²) in [4.78, 5) is 1.98. The first kappa shape index (κ1) is 15.7. The molecule has 1 aliphatic heterocycles. The molecule has 4 atom stereocenters. The summed E-state index contributed by atoms with van der Waals surface area (Å²) in [6.45, 7) is 0.970. The lowest BCUT2D eigenvalue weighted by molar-refractivity contribution is -0.148. The second kappa shape index (κ2) is 6.50. The molecule has 2 saturated carbocycles. The van der Waals surface area contributed by atoms with Gasteiger partial charge in [0.05, 0.1) is 18.8 Å². The first-order valence-corrected chi connectivity index (χ1v) is 8.49. The van der Waals surface area contributed by atoms with E-state index in [1.54, 1.807) is 0 Å². The molecular formula is C16H29NO4. The van der Waals surface area contributed by atoms with Gasteiger partial charge in [0.2, 0.25) is 0 Å². The number of rotatable bonds is 4. The molecule has 3 fully saturated rings. The Morgan fingerprint density at radius 2 is 1.38 bits per heavy atom. The highest BCUT2D eigenvalue weighted by Crippen LogP contribution is 2.45. The summed E-state index contributed by atoms with van der Waals surface area (Å²) in [5.41, 5.74) is 0. The van der Waals surface area contributed by atoms with Crippen LogP contribution in [-0.2, 0) is 0 Å². The van der Waals surface area contributed by atoms with E-state index in [4.69, 9.17) is 0 Å². The van der Waals surface area contributed by atoms with Crippen LogP contribution in [-0.4, -0.2) is 69.4 Å². The highest BCUT2D eigenvalue weighted by atomic mass is 16.4. The average molecular weight is 299 g/mol. The molecule has 0 aromatic carbocycles. The number of hydrogen-bond acceptors (Lipinski definition) is 5. The van der Waals surface area contributed by atoms with Crippen molar-refractivity contribution in [3.8, 4) is 0 Å². The largest absolute Gasteiger partial charge is 0.395 e. The van der Waals surface area contributed by atoms with Gasteiger partial charge in [-0.15, -0.1) is 0 Å². The van der Waals surface area contributed by atoms with Gasteiger partial charge >= 0.3 is 0 Å². The molecule has 5 heteroatoms. The van der Waals surface area contributed by atoms with Crippen LogP contribution in [0.3, 0.4) is 0 Å². The van der Waals surface area contributed by atoms with Crippen molar-refractivity contribution < 1.29 is 20.4 Å². The van der Waals surface area contributed by atoms with E-state index in [2.05, 4.69) is 0 Å². The van der Waals surface area contributed by atoms with Crippen molar-refractivity contribution >= 4 is 0 Å². The fraction of sp³-hybridized carbons (Fsp3) is 1.00. The molecule has 0 amide bonds. The second-order valence-electron chi connectivity index (χ2n) is 7.37. The molecule has 21 heavy (non-hydrogen) atoms. The summed E-state index contributed by atoms with van der Waals surface area (Å²) in [5.74, 6) is 2.50. The Morgan fingerprint density at radius 1 is 0.810 bits per heavy atom. The number of piperidine rings is 1. The molecule has 0 radical (unpaired) electrons. The van der Waals surface area contributed by atoms with E-state index in [1.807, 2.05) is 4.90 Å². The highest BCUT2D eigenvalue weighted by molar-refractivity contribution is 4.95. The van der Waals surface area contributed by atoms with E-state index in [0.717, 1.165) is 18.4 Å². The third-order valence-electron chi connectivity index (χ3n) is 5.89. The zero-order chi connectivity index (χ0) is 15.0. The van der Waals surface area contributed by atoms with Crippen molar-refractivity contribution in [1.29, 1.82) is 0 Å². The lowest BCUT2D eigenvalue weighted by atomic mass is 9.79. The van der Waals surface area contributed by atoms with Gasteiger partial charge < -0.3 is 20.4 Å². The predicted molar refractivity (Wildman–Crippen MR) is 78.6 cm³/mol. The van der Waals surface area contributed by atoms with Crippen LogP contribution in [0.1, 0.15) is 38.5 Å². The molecule has 3 rings (SSSR count). The van der Waals surface area contributed by atoms with Gasteiger partial charge in [-0.1, -0.05) is 0 Å². The quantitative estimate of drug-likeness (QED) is 0.585. The van der Waals surface area contributed by atoms with Gasteiger partial charge in [0.15, 0.2) is 0 Å². The molecule has 1 saturated heterocycles. The molecule has 1 heterocycles. The SMILES string of the molecule is OC[C@H]1[C@@H](O)[C@H](O)[C@@H](O)CN1CC1CCC(C2CC2)CC1. The third-order valence-corrected chi connectivity index (χ3v) is 5.89. The van der Waals surface area contributed by atoms with Crippen LogP contribution in [0.15, 0.2) is 0 Å². The van der Waals surface area contributed by atoms with Gasteiger partial charge in [-0.2, -0.15) is 0 Å². The Morgan fingerprint density at radius 3 is 1.90 bits per heavy atom. The minimum atomic E-state index is -1.15. The van der Waals surface area contributed by atoms with Gasteiger partial charge in [0, 0.05) is 13.1 Å². The summed E-state index contributed by atoms with van der Waals surface area (Å²) in [5, 5.41) is 39.1. The van der Waals surface area contributed by atoms with Crippen molar-refractivity contribution in [2.45, 2.75) is 62.9 Å². The normalized spacial score (nSPS) is 45.7. The smallest absolute Gasteiger partial charge is 0.109 e. The molecule has 0 spiro atoms. The van der Waals surface area contributed by atoms with Gasteiger partial charge in [-0.05, 0) is 56.3 Å². The topological polar surface area (TPSA) is 84.2 Å². The van der Waals surface area contributed by atoms with Crippen LogP contribution < -0.4 is 0 Å². The summed E-state index contributed by atoms with van der Waals surface area (Å²) >= 11 is 0. The van der Waals surface area contributed by atoms with Crippen molar-refractivity contribution in [2.24, 2.45) is 17.8 Å². The van der Waals surface area contributed by atoms with Crippen LogP contribution in [0.4, 0.5) is 0 Å². The van der Waals surface area contributed by atoms with E-state index in [1.165, 1.54) is 38.5 Å². The Balaban J connectivity index is 1.53. The minimum Gasteiger partial charge on any atom is -0.395 e. The van der Waals surface area contributed by atoms with E-state index in [-0.39, 0.29) is 6.61 Å². The number of hydrogen-bond donors (Lipinski definition) is 4. The molecule has 2 aliphatic carbocycles. The maximum atomic E-state index is 10.0. The van der Waals surface area contributed by atoms with E-state index in [0.29, 0.717) is 12.5 Å². The summed E-state index contributed by atoms with van der Waals surface area (Å²) in [6.07, 6.45) is 4.74. The molecular weight excluding hydrogens is 270 g/mol. The van der Waals surface area contributed by atoms with Gasteiger partial charge in [0.25, 0.3) is 0 Å². The monoisotopic (exact) mass is 299 g/mol. The fourth-order valence-corrected chi connectivity index (χ4v) is 4.33. The van der Waals surface area contributed by atoms with Gasteiger partial charge in [0.1, 0.15) is 12.2 Å². The zero-order valence-corrected chi connectivity index (χ0v) is 12.6. The molecule has 122 valence electrons. The number of likely N-dealkylation sites (tertiary alicyclic amines) is 1. The molecule has 0 unspecified atom stereocenters. The van der Waals surface area contributed by atoms with Gasteiger partial charge in [-0.3, -0.25) is 4.90 Å². The number of β-amino-alcohol motifs (C(OH)–C–C–N with tert-alkyl or cyclic N) is 1. The summed E-state index contributed by atoms with van der Waals surface area (Å²) in [7, 11) is 0. The predicted octanol–water partition coefficient (Wildman–Crippen LogP) is -0.0380. The standard InChI is InChI=1S/C16H29NO4/c18-9-13-15(20)16(21)14(19)8-17(13)7-10-1-3-11(4-2-10)12-5-6-12/h10-16,18-21H,1-9H2/t10?,11?,13-,14-,15+,16+/m0/s1. The number of aliphatic hydroxyl groups excluding tert-OH is 4. The molecule has 3 aliphatic rings. The fourth-order valence-electron chi connectivity index (χ4n) is 4.33. The van der Waals surface area contributed by atoms with Crippen LogP contribution in [0.2, 0.25) is 0 Å². The molecule has 4 N–H and O–H groups in total. The van der Waals surface area contributed by atoms with Crippen LogP contribution in [0.25, 0.3) is 0 Å². The van der Waals surface area contributed by atoms with E-state index in [9.17, 15) is 20.4 Å². The summed E-state index contributed by atoms with van der Waals surface area (Å²) in [6, 6.07) is -0.454. The van der Waals surface area contributed by atoms with Crippen LogP contribution in [0, 0.1) is 17.8 Å². The zero-order valence-electron chi connectivity index (χ0n) is 12.6. The van der Waals surface area contributed by atoms with Crippen molar-refractivity contribution in [3.63, 3.8) is 0 Å². The summed E-state index contributed by atoms with van der Waals surface area (Å²) < 4.78 is 0.